The quantitative estimate of drug-likeness (QED) is 0.656. The minimum absolute atomic E-state index is 0.142. The molecule has 1 atom stereocenters. The van der Waals surface area contributed by atoms with Gasteiger partial charge in [-0.2, -0.15) is 0 Å². The lowest BCUT2D eigenvalue weighted by Gasteiger charge is -2.17. The van der Waals surface area contributed by atoms with Gasteiger partial charge in [-0.15, -0.1) is 0 Å². The van der Waals surface area contributed by atoms with Crippen LogP contribution in [0.5, 0.6) is 5.75 Å². The summed E-state index contributed by atoms with van der Waals surface area (Å²) in [6, 6.07) is 17.5. The average molecular weight is 342 g/mol. The van der Waals surface area contributed by atoms with Crippen LogP contribution in [0.25, 0.3) is 0 Å². The predicted molar refractivity (Wildman–Crippen MR) is 98.7 cm³/mol. The van der Waals surface area contributed by atoms with E-state index in [1.54, 1.807) is 7.11 Å². The van der Waals surface area contributed by atoms with E-state index in [0.717, 1.165) is 17.7 Å². The third-order valence-corrected chi connectivity index (χ3v) is 4.14. The van der Waals surface area contributed by atoms with Gasteiger partial charge in [0.2, 0.25) is 0 Å². The summed E-state index contributed by atoms with van der Waals surface area (Å²) < 4.78 is 5.11. The lowest BCUT2D eigenvalue weighted by Crippen LogP contribution is -2.36. The Morgan fingerprint density at radius 3 is 2.40 bits per heavy atom. The first-order valence-electron chi connectivity index (χ1n) is 8.53. The van der Waals surface area contributed by atoms with Gasteiger partial charge in [-0.3, -0.25) is 0 Å². The molecule has 2 rings (SSSR count). The molecule has 0 saturated heterocycles. The Labute approximate surface area is 149 Å². The maximum absolute atomic E-state index is 11.9. The molecule has 0 radical (unpaired) electrons. The summed E-state index contributed by atoms with van der Waals surface area (Å²) in [7, 11) is 1.63. The Morgan fingerprint density at radius 1 is 1.04 bits per heavy atom. The van der Waals surface area contributed by atoms with Gasteiger partial charge < -0.3 is 20.5 Å². The Bertz CT molecular complexity index is 629. The zero-order valence-corrected chi connectivity index (χ0v) is 14.6. The van der Waals surface area contributed by atoms with Crippen molar-refractivity contribution < 1.29 is 14.6 Å². The molecule has 3 N–H and O–H groups in total. The van der Waals surface area contributed by atoms with E-state index in [2.05, 4.69) is 22.8 Å². The van der Waals surface area contributed by atoms with Crippen LogP contribution in [0.15, 0.2) is 54.6 Å². The fourth-order valence-corrected chi connectivity index (χ4v) is 2.71. The Morgan fingerprint density at radius 2 is 1.76 bits per heavy atom. The van der Waals surface area contributed by atoms with Gasteiger partial charge in [0.15, 0.2) is 0 Å². The number of methoxy groups -OCH3 is 1. The summed E-state index contributed by atoms with van der Waals surface area (Å²) in [6.45, 7) is 1.17. The molecule has 0 bridgehead atoms. The molecule has 5 nitrogen and oxygen atoms in total. The molecule has 2 aromatic rings. The van der Waals surface area contributed by atoms with Crippen LogP contribution in [-0.2, 0) is 6.54 Å². The number of rotatable bonds is 9. The van der Waals surface area contributed by atoms with Crippen molar-refractivity contribution in [2.75, 3.05) is 20.3 Å². The van der Waals surface area contributed by atoms with E-state index < -0.39 is 0 Å². The first kappa shape index (κ1) is 18.8. The number of carbonyl (C=O) groups excluding carboxylic acids is 1. The predicted octanol–water partition coefficient (Wildman–Crippen LogP) is 3.05. The topological polar surface area (TPSA) is 70.6 Å². The van der Waals surface area contributed by atoms with E-state index in [9.17, 15) is 9.90 Å². The number of benzene rings is 2. The van der Waals surface area contributed by atoms with Crippen LogP contribution in [0.4, 0.5) is 4.79 Å². The molecule has 5 heteroatoms. The number of hydrogen-bond acceptors (Lipinski definition) is 3. The maximum atomic E-state index is 11.9. The standard InChI is InChI=1S/C20H26N2O3/c1-25-19-9-7-16(8-10-19)15-22-20(24)21-13-11-18(12-14-23)17-5-3-2-4-6-17/h2-10,18,23H,11-15H2,1H3,(H2,21,22,24)/t18-/m0/s1. The van der Waals surface area contributed by atoms with Gasteiger partial charge in [0.25, 0.3) is 0 Å². The van der Waals surface area contributed by atoms with Crippen molar-refractivity contribution in [1.82, 2.24) is 10.6 Å². The summed E-state index contributed by atoms with van der Waals surface area (Å²) >= 11 is 0. The molecule has 0 aromatic heterocycles. The van der Waals surface area contributed by atoms with Crippen LogP contribution in [0.3, 0.4) is 0 Å². The van der Waals surface area contributed by atoms with Crippen LogP contribution in [0.1, 0.15) is 29.9 Å². The highest BCUT2D eigenvalue weighted by Gasteiger charge is 2.11. The number of nitrogens with one attached hydrogen (secondary N) is 2. The van der Waals surface area contributed by atoms with Crippen LogP contribution in [0.2, 0.25) is 0 Å². The van der Waals surface area contributed by atoms with Crippen molar-refractivity contribution >= 4 is 6.03 Å². The number of aliphatic hydroxyl groups is 1. The molecule has 0 aliphatic rings. The molecular weight excluding hydrogens is 316 g/mol. The minimum atomic E-state index is -0.188. The highest BCUT2D eigenvalue weighted by molar-refractivity contribution is 5.73. The maximum Gasteiger partial charge on any atom is 0.315 e. The highest BCUT2D eigenvalue weighted by atomic mass is 16.5. The zero-order chi connectivity index (χ0) is 17.9. The normalized spacial score (nSPS) is 11.6. The second-order valence-electron chi connectivity index (χ2n) is 5.87. The van der Waals surface area contributed by atoms with Gasteiger partial charge in [-0.1, -0.05) is 42.5 Å². The Balaban J connectivity index is 1.73. The molecule has 0 unspecified atom stereocenters. The molecule has 0 spiro atoms. The molecule has 0 fully saturated rings. The monoisotopic (exact) mass is 342 g/mol. The second-order valence-corrected chi connectivity index (χ2v) is 5.87. The smallest absolute Gasteiger partial charge is 0.315 e. The molecule has 0 heterocycles. The Kier molecular flexibility index (Phi) is 7.79. The number of ether oxygens (including phenoxy) is 1. The van der Waals surface area contributed by atoms with Crippen molar-refractivity contribution in [3.8, 4) is 5.75 Å². The molecule has 2 amide bonds. The minimum Gasteiger partial charge on any atom is -0.497 e. The first-order chi connectivity index (χ1) is 12.2. The molecule has 0 aliphatic carbocycles. The van der Waals surface area contributed by atoms with Crippen molar-refractivity contribution in [1.29, 1.82) is 0 Å². The summed E-state index contributed by atoms with van der Waals surface area (Å²) in [5.74, 6) is 1.04. The van der Waals surface area contributed by atoms with Gasteiger partial charge in [0.1, 0.15) is 5.75 Å². The molecule has 2 aromatic carbocycles. The summed E-state index contributed by atoms with van der Waals surface area (Å²) in [6.07, 6.45) is 1.49. The SMILES string of the molecule is COc1ccc(CNC(=O)NCC[C@@H](CCO)c2ccccc2)cc1. The van der Waals surface area contributed by atoms with Gasteiger partial charge in [-0.25, -0.2) is 4.79 Å². The Hall–Kier alpha value is -2.53. The third kappa shape index (κ3) is 6.47. The largest absolute Gasteiger partial charge is 0.497 e. The third-order valence-electron chi connectivity index (χ3n) is 4.14. The number of urea groups is 1. The van der Waals surface area contributed by atoms with Crippen molar-refractivity contribution in [3.05, 3.63) is 65.7 Å². The summed E-state index contributed by atoms with van der Waals surface area (Å²) in [5.41, 5.74) is 2.20. The zero-order valence-electron chi connectivity index (χ0n) is 14.6. The molecular formula is C20H26N2O3. The molecule has 0 aliphatic heterocycles. The van der Waals surface area contributed by atoms with Crippen molar-refractivity contribution in [2.24, 2.45) is 0 Å². The summed E-state index contributed by atoms with van der Waals surface area (Å²) in [4.78, 5) is 11.9. The average Bonchev–Trinajstić information content (AvgIpc) is 2.67. The molecule has 0 saturated carbocycles. The van der Waals surface area contributed by atoms with Gasteiger partial charge in [0, 0.05) is 19.7 Å². The van der Waals surface area contributed by atoms with E-state index in [4.69, 9.17) is 4.74 Å². The fourth-order valence-electron chi connectivity index (χ4n) is 2.71. The van der Waals surface area contributed by atoms with Crippen molar-refractivity contribution in [2.45, 2.75) is 25.3 Å². The summed E-state index contributed by atoms with van der Waals surface area (Å²) in [5, 5.41) is 15.0. The number of hydrogen-bond donors (Lipinski definition) is 3. The van der Waals surface area contributed by atoms with Gasteiger partial charge in [-0.05, 0) is 42.0 Å². The second kappa shape index (κ2) is 10.4. The van der Waals surface area contributed by atoms with Gasteiger partial charge >= 0.3 is 6.03 Å². The van der Waals surface area contributed by atoms with E-state index in [1.807, 2.05) is 42.5 Å². The van der Waals surface area contributed by atoms with E-state index in [0.29, 0.717) is 19.5 Å². The number of carbonyl (C=O) groups is 1. The first-order valence-corrected chi connectivity index (χ1v) is 8.53. The molecule has 134 valence electrons. The fraction of sp³-hybridized carbons (Fsp3) is 0.350. The number of aliphatic hydroxyl groups excluding tert-OH is 1. The van der Waals surface area contributed by atoms with Crippen LogP contribution >= 0.6 is 0 Å². The van der Waals surface area contributed by atoms with Gasteiger partial charge in [0.05, 0.1) is 7.11 Å². The van der Waals surface area contributed by atoms with Crippen LogP contribution in [0, 0.1) is 0 Å². The van der Waals surface area contributed by atoms with Crippen molar-refractivity contribution in [3.63, 3.8) is 0 Å². The lowest BCUT2D eigenvalue weighted by molar-refractivity contribution is 0.239. The van der Waals surface area contributed by atoms with Crippen LogP contribution in [-0.4, -0.2) is 31.4 Å². The van der Waals surface area contributed by atoms with E-state index >= 15 is 0 Å². The van der Waals surface area contributed by atoms with Crippen LogP contribution < -0.4 is 15.4 Å². The lowest BCUT2D eigenvalue weighted by atomic mass is 9.93. The molecule has 25 heavy (non-hydrogen) atoms. The highest BCUT2D eigenvalue weighted by Crippen LogP contribution is 2.22. The van der Waals surface area contributed by atoms with E-state index in [-0.39, 0.29) is 18.6 Å². The number of amides is 2. The van der Waals surface area contributed by atoms with E-state index in [1.165, 1.54) is 5.56 Å².